The summed E-state index contributed by atoms with van der Waals surface area (Å²) in [5.41, 5.74) is 2.27. The number of hydrogen-bond donors (Lipinski definition) is 0. The number of aryl methyl sites for hydroxylation is 2. The van der Waals surface area contributed by atoms with E-state index in [4.69, 9.17) is 14.7 Å². The first-order chi connectivity index (χ1) is 34.4. The fourth-order valence-corrected chi connectivity index (χ4v) is 10.9. The lowest BCUT2D eigenvalue weighted by molar-refractivity contribution is -0.142. The Morgan fingerprint density at radius 3 is 1.49 bits per heavy atom. The fourth-order valence-electron chi connectivity index (χ4n) is 8.92. The third kappa shape index (κ3) is 11.4. The molecular formula is C48H46F8N10O4S2. The molecule has 4 aliphatic heterocycles. The number of nitrogens with zero attached hydrogens (tertiary/aromatic N) is 10. The standard InChI is InChI=1S/C24H22F5N5O2S.C24H24F3N5O2S/c1-13-9-20(24(27,28)29)31-34(13)11-21(35)33-7-5-14(6-8-33)23-30-18(12-37-23)17-10-19(36-32-17)22-15(25)3-2-4-16(22)26;1-15-11-21(24(25,26)27)29-32(15)13-22(33)31-9-7-17(8-10-31)23-28-19(14-35-23)18-12-20(34-30-18)16-5-3-2-4-6-16/h2-4,9,12,14,19H,5-8,10-11H2,1H3;2-6,11,14,17,20H,7-10,12-13H2,1H3. The van der Waals surface area contributed by atoms with Crippen LogP contribution in [0.3, 0.4) is 0 Å². The maximum Gasteiger partial charge on any atom is 0.435 e. The fraction of sp³-hybridized carbons (Fsp3) is 0.417. The van der Waals surface area contributed by atoms with Crippen LogP contribution in [0, 0.1) is 25.5 Å². The Morgan fingerprint density at radius 1 is 0.625 bits per heavy atom. The van der Waals surface area contributed by atoms with Crippen molar-refractivity contribution in [1.82, 2.24) is 39.3 Å². The number of aromatic nitrogens is 6. The zero-order chi connectivity index (χ0) is 50.9. The van der Waals surface area contributed by atoms with Gasteiger partial charge in [0.1, 0.15) is 36.1 Å². The Labute approximate surface area is 414 Å². The molecule has 72 heavy (non-hydrogen) atoms. The molecule has 2 saturated heterocycles. The Bertz CT molecular complexity index is 2950. The molecule has 14 nitrogen and oxygen atoms in total. The van der Waals surface area contributed by atoms with Gasteiger partial charge >= 0.3 is 12.4 Å². The lowest BCUT2D eigenvalue weighted by Crippen LogP contribution is -2.40. The molecule has 8 heterocycles. The van der Waals surface area contributed by atoms with Crippen molar-refractivity contribution in [2.24, 2.45) is 10.3 Å². The number of piperidine rings is 2. The molecule has 0 bridgehead atoms. The van der Waals surface area contributed by atoms with Gasteiger partial charge in [-0.25, -0.2) is 18.7 Å². The predicted octanol–water partition coefficient (Wildman–Crippen LogP) is 10.2. The van der Waals surface area contributed by atoms with Crippen molar-refractivity contribution in [3.8, 4) is 0 Å². The first-order valence-electron chi connectivity index (χ1n) is 23.0. The molecule has 2 unspecified atom stereocenters. The first kappa shape index (κ1) is 50.4. The van der Waals surface area contributed by atoms with Crippen molar-refractivity contribution in [3.05, 3.63) is 138 Å². The summed E-state index contributed by atoms with van der Waals surface area (Å²) < 4.78 is 108. The van der Waals surface area contributed by atoms with Crippen LogP contribution in [0.1, 0.15) is 118 Å². The summed E-state index contributed by atoms with van der Waals surface area (Å²) in [6.45, 7) is 4.51. The molecule has 0 saturated carbocycles. The Hall–Kier alpha value is -6.56. The lowest BCUT2D eigenvalue weighted by Gasteiger charge is -2.31. The van der Waals surface area contributed by atoms with Gasteiger partial charge in [0.05, 0.1) is 27.0 Å². The monoisotopic (exact) mass is 1040 g/mol. The highest BCUT2D eigenvalue weighted by molar-refractivity contribution is 7.10. The van der Waals surface area contributed by atoms with E-state index >= 15 is 0 Å². The lowest BCUT2D eigenvalue weighted by atomic mass is 9.97. The van der Waals surface area contributed by atoms with Gasteiger partial charge in [-0.05, 0) is 69.4 Å². The van der Waals surface area contributed by atoms with Crippen molar-refractivity contribution in [1.29, 1.82) is 0 Å². The summed E-state index contributed by atoms with van der Waals surface area (Å²) in [4.78, 5) is 49.1. The molecule has 380 valence electrons. The summed E-state index contributed by atoms with van der Waals surface area (Å²) >= 11 is 3.03. The van der Waals surface area contributed by atoms with E-state index in [2.05, 4.69) is 25.5 Å². The van der Waals surface area contributed by atoms with Gasteiger partial charge < -0.3 is 19.5 Å². The van der Waals surface area contributed by atoms with Crippen molar-refractivity contribution in [2.75, 3.05) is 26.2 Å². The van der Waals surface area contributed by atoms with Gasteiger partial charge in [-0.3, -0.25) is 19.0 Å². The Kier molecular flexibility index (Phi) is 14.6. The van der Waals surface area contributed by atoms with Crippen molar-refractivity contribution in [3.63, 3.8) is 0 Å². The number of halogens is 8. The van der Waals surface area contributed by atoms with E-state index in [1.807, 2.05) is 41.1 Å². The van der Waals surface area contributed by atoms with Gasteiger partial charge in [-0.1, -0.05) is 46.7 Å². The predicted molar refractivity (Wildman–Crippen MR) is 248 cm³/mol. The SMILES string of the molecule is Cc1cc(C(F)(F)F)nn1CC(=O)N1CCC(c2nc(C3=NOC(c4c(F)cccc4F)C3)cs2)CC1.Cc1cc(C(F)(F)F)nn1CC(=O)N1CCC(c2nc(C3=NOC(c4ccccc4)C3)cs2)CC1. The summed E-state index contributed by atoms with van der Waals surface area (Å²) in [5.74, 6) is -1.56. The zero-order valence-electron chi connectivity index (χ0n) is 38.7. The molecule has 2 fully saturated rings. The Balaban J connectivity index is 0.000000178. The molecule has 0 spiro atoms. The van der Waals surface area contributed by atoms with Gasteiger partial charge in [0, 0.05) is 73.0 Å². The molecule has 0 aliphatic carbocycles. The molecule has 2 aromatic carbocycles. The molecule has 24 heteroatoms. The average molecular weight is 1040 g/mol. The second-order valence-corrected chi connectivity index (χ2v) is 19.6. The number of carbonyl (C=O) groups excluding carboxylic acids is 2. The third-order valence-electron chi connectivity index (χ3n) is 13.0. The maximum absolute atomic E-state index is 14.1. The van der Waals surface area contributed by atoms with Gasteiger partial charge in [-0.2, -0.15) is 36.5 Å². The van der Waals surface area contributed by atoms with E-state index in [1.54, 1.807) is 21.1 Å². The highest BCUT2D eigenvalue weighted by Gasteiger charge is 2.37. The van der Waals surface area contributed by atoms with Crippen LogP contribution in [0.4, 0.5) is 35.1 Å². The molecule has 4 aliphatic rings. The van der Waals surface area contributed by atoms with Gasteiger partial charge in [-0.15, -0.1) is 22.7 Å². The summed E-state index contributed by atoms with van der Waals surface area (Å²) in [7, 11) is 0. The first-order valence-corrected chi connectivity index (χ1v) is 24.8. The molecule has 6 aromatic rings. The van der Waals surface area contributed by atoms with E-state index < -0.39 is 41.5 Å². The van der Waals surface area contributed by atoms with Crippen LogP contribution in [0.25, 0.3) is 0 Å². The number of amides is 2. The number of likely N-dealkylation sites (tertiary alicyclic amines) is 2. The number of thiazole rings is 2. The second kappa shape index (κ2) is 20.9. The van der Waals surface area contributed by atoms with Crippen LogP contribution in [0.5, 0.6) is 0 Å². The van der Waals surface area contributed by atoms with Crippen LogP contribution in [-0.4, -0.2) is 88.7 Å². The average Bonchev–Trinajstić information content (AvgIpc) is 4.23. The molecule has 2 atom stereocenters. The number of oxime groups is 2. The molecule has 4 aromatic heterocycles. The highest BCUT2D eigenvalue weighted by Crippen LogP contribution is 2.37. The smallest absolute Gasteiger partial charge is 0.387 e. The Morgan fingerprint density at radius 2 is 1.06 bits per heavy atom. The zero-order valence-corrected chi connectivity index (χ0v) is 40.3. The molecular weight excluding hydrogens is 997 g/mol. The minimum Gasteiger partial charge on any atom is -0.387 e. The number of rotatable bonds is 10. The summed E-state index contributed by atoms with van der Waals surface area (Å²) in [5, 5.41) is 21.0. The molecule has 0 radical (unpaired) electrons. The third-order valence-corrected chi connectivity index (χ3v) is 15.0. The van der Waals surface area contributed by atoms with E-state index in [1.165, 1.54) is 43.4 Å². The topological polar surface area (TPSA) is 145 Å². The minimum absolute atomic E-state index is 0.101. The highest BCUT2D eigenvalue weighted by atomic mass is 32.1. The van der Waals surface area contributed by atoms with Crippen LogP contribution in [0.2, 0.25) is 0 Å². The largest absolute Gasteiger partial charge is 0.435 e. The number of hydrogen-bond acceptors (Lipinski definition) is 12. The van der Waals surface area contributed by atoms with Crippen LogP contribution < -0.4 is 0 Å². The molecule has 2 amide bonds. The molecule has 10 rings (SSSR count). The van der Waals surface area contributed by atoms with E-state index in [0.717, 1.165) is 61.3 Å². The number of alkyl halides is 6. The van der Waals surface area contributed by atoms with Gasteiger partial charge in [0.2, 0.25) is 11.8 Å². The summed E-state index contributed by atoms with van der Waals surface area (Å²) in [6.07, 6.45) is -6.39. The number of carbonyl (C=O) groups is 2. The van der Waals surface area contributed by atoms with Crippen LogP contribution >= 0.6 is 22.7 Å². The van der Waals surface area contributed by atoms with Crippen molar-refractivity contribution in [2.45, 2.75) is 102 Å². The summed E-state index contributed by atoms with van der Waals surface area (Å²) in [6, 6.07) is 15.5. The van der Waals surface area contributed by atoms with Gasteiger partial charge in [0.25, 0.3) is 0 Å². The van der Waals surface area contributed by atoms with E-state index in [-0.39, 0.29) is 60.5 Å². The quantitative estimate of drug-likeness (QED) is 0.123. The second-order valence-electron chi connectivity index (χ2n) is 17.8. The van der Waals surface area contributed by atoms with E-state index in [9.17, 15) is 44.7 Å². The minimum atomic E-state index is -4.56. The molecule has 0 N–H and O–H groups in total. The van der Waals surface area contributed by atoms with Crippen molar-refractivity contribution >= 4 is 45.9 Å². The van der Waals surface area contributed by atoms with Crippen LogP contribution in [0.15, 0.2) is 81.7 Å². The van der Waals surface area contributed by atoms with Crippen LogP contribution in [-0.2, 0) is 44.7 Å². The maximum atomic E-state index is 14.1. The van der Waals surface area contributed by atoms with Crippen molar-refractivity contribution < 1.29 is 54.4 Å². The van der Waals surface area contributed by atoms with E-state index in [0.29, 0.717) is 62.5 Å². The number of benzene rings is 2. The van der Waals surface area contributed by atoms with Gasteiger partial charge in [0.15, 0.2) is 23.6 Å². The normalized spacial score (nSPS) is 18.9.